The molecule has 0 saturated carbocycles. The van der Waals surface area contributed by atoms with Gasteiger partial charge < -0.3 is 0 Å². The first kappa shape index (κ1) is 6.92. The van der Waals surface area contributed by atoms with E-state index in [1.807, 2.05) is 0 Å². The molecule has 0 radical (unpaired) electrons. The lowest BCUT2D eigenvalue weighted by molar-refractivity contribution is 1.07. The Hall–Kier alpha value is 0.925. The van der Waals surface area contributed by atoms with Crippen LogP contribution < -0.4 is 0 Å². The van der Waals surface area contributed by atoms with Gasteiger partial charge in [-0.05, 0) is 11.2 Å². The molecule has 0 aliphatic carbocycles. The maximum absolute atomic E-state index is 2.75. The van der Waals surface area contributed by atoms with Gasteiger partial charge in [0.15, 0.2) is 0 Å². The minimum atomic E-state index is 0.731. The topological polar surface area (TPSA) is 0 Å². The Morgan fingerprint density at radius 3 is 1.67 bits per heavy atom. The fourth-order valence-corrected chi connectivity index (χ4v) is 0. The second-order valence-corrected chi connectivity index (χ2v) is 3.82. The Morgan fingerprint density at radius 1 is 1.50 bits per heavy atom. The lowest BCUT2D eigenvalue weighted by Crippen LogP contribution is -2.07. The molecule has 4 unspecified atom stereocenters. The molecule has 0 saturated heterocycles. The van der Waals surface area contributed by atoms with Gasteiger partial charge in [-0.15, -0.1) is 18.5 Å². The molecule has 6 heavy (non-hydrogen) atoms. The third kappa shape index (κ3) is 3.13. The van der Waals surface area contributed by atoms with E-state index in [0.717, 1.165) is 11.2 Å². The highest BCUT2D eigenvalue weighted by Crippen LogP contribution is 2.08. The molecule has 0 heterocycles. The van der Waals surface area contributed by atoms with Crippen molar-refractivity contribution in [3.05, 3.63) is 0 Å². The molecular formula is C3H11BP2. The van der Waals surface area contributed by atoms with Gasteiger partial charge >= 0.3 is 0 Å². The first-order valence-electron chi connectivity index (χ1n) is 2.15. The summed E-state index contributed by atoms with van der Waals surface area (Å²) in [4.78, 5) is 0. The van der Waals surface area contributed by atoms with E-state index in [4.69, 9.17) is 0 Å². The van der Waals surface area contributed by atoms with Crippen LogP contribution >= 0.6 is 18.5 Å². The fourth-order valence-electron chi connectivity index (χ4n) is 0. The first-order valence-corrected chi connectivity index (χ1v) is 3.49. The van der Waals surface area contributed by atoms with E-state index >= 15 is 0 Å². The van der Waals surface area contributed by atoms with Gasteiger partial charge in [-0.1, -0.05) is 6.92 Å². The van der Waals surface area contributed by atoms with Crippen LogP contribution in [0.25, 0.3) is 0 Å². The van der Waals surface area contributed by atoms with E-state index in [1.54, 1.807) is 0 Å². The summed E-state index contributed by atoms with van der Waals surface area (Å²) >= 11 is 0. The molecule has 0 bridgehead atoms. The molecule has 4 atom stereocenters. The molecule has 3 heteroatoms. The van der Waals surface area contributed by atoms with E-state index in [9.17, 15) is 0 Å². The van der Waals surface area contributed by atoms with E-state index in [-0.39, 0.29) is 0 Å². The largest absolute Gasteiger partial charge is 0.142 e. The molecule has 0 nitrogen and oxygen atoms in total. The van der Waals surface area contributed by atoms with Crippen molar-refractivity contribution >= 4 is 26.3 Å². The molecule has 0 aromatic rings. The van der Waals surface area contributed by atoms with Crippen LogP contribution in [0.15, 0.2) is 0 Å². The Labute approximate surface area is 45.3 Å². The summed E-state index contributed by atoms with van der Waals surface area (Å²) in [6, 6.07) is 0. The van der Waals surface area contributed by atoms with Crippen molar-refractivity contribution in [2.24, 2.45) is 0 Å². The Bertz CT molecular complexity index is 29.8. The van der Waals surface area contributed by atoms with Crippen molar-refractivity contribution in [3.63, 3.8) is 0 Å². The molecular weight excluding hydrogens is 109 g/mol. The van der Waals surface area contributed by atoms with Crippen molar-refractivity contribution in [1.29, 1.82) is 0 Å². The summed E-state index contributed by atoms with van der Waals surface area (Å²) in [5.74, 6) is 0. The number of hydrogen-bond acceptors (Lipinski definition) is 0. The highest BCUT2D eigenvalue weighted by Gasteiger charge is 1.96. The smallest absolute Gasteiger partial charge is 0.111 e. The zero-order chi connectivity index (χ0) is 5.15. The minimum Gasteiger partial charge on any atom is -0.142 e. The summed E-state index contributed by atoms with van der Waals surface area (Å²) in [7, 11) is 7.69. The molecule has 0 aliphatic heterocycles. The zero-order valence-corrected chi connectivity index (χ0v) is 6.62. The quantitative estimate of drug-likeness (QED) is 0.339. The number of hydrogen-bond donors (Lipinski definition) is 0. The molecule has 0 N–H and O–H groups in total. The summed E-state index contributed by atoms with van der Waals surface area (Å²) in [5, 5.41) is 0. The molecule has 0 spiro atoms. The predicted octanol–water partition coefficient (Wildman–Crippen LogP) is 0.0843. The van der Waals surface area contributed by atoms with Gasteiger partial charge in [0.1, 0.15) is 7.85 Å². The second-order valence-electron chi connectivity index (χ2n) is 1.72. The first-order chi connectivity index (χ1) is 2.64. The predicted molar refractivity (Wildman–Crippen MR) is 41.2 cm³/mol. The molecule has 0 rings (SSSR count). The van der Waals surface area contributed by atoms with Gasteiger partial charge in [0.2, 0.25) is 0 Å². The lowest BCUT2D eigenvalue weighted by Gasteiger charge is -2.05. The van der Waals surface area contributed by atoms with Gasteiger partial charge in [-0.25, -0.2) is 0 Å². The normalized spacial score (nSPS) is 19.8. The second kappa shape index (κ2) is 3.00. The van der Waals surface area contributed by atoms with Crippen LogP contribution in [0.3, 0.4) is 0 Å². The minimum absolute atomic E-state index is 0.731. The van der Waals surface area contributed by atoms with Crippen molar-refractivity contribution in [3.8, 4) is 0 Å². The lowest BCUT2D eigenvalue weighted by atomic mass is 10.0. The maximum atomic E-state index is 2.75. The van der Waals surface area contributed by atoms with Crippen LogP contribution in [-0.2, 0) is 0 Å². The standard InChI is InChI=1S/C3H11BP2/c1-2(5)3(4)6/h2-3H,4-6H2,1H3. The van der Waals surface area contributed by atoms with Crippen LogP contribution in [0, 0.1) is 0 Å². The summed E-state index contributed by atoms with van der Waals surface area (Å²) < 4.78 is 0. The summed E-state index contributed by atoms with van der Waals surface area (Å²) in [5.41, 5.74) is 1.46. The van der Waals surface area contributed by atoms with Gasteiger partial charge in [0, 0.05) is 0 Å². The van der Waals surface area contributed by atoms with Crippen molar-refractivity contribution in [2.75, 3.05) is 0 Å². The molecule has 36 valence electrons. The Balaban J connectivity index is 2.99. The monoisotopic (exact) mass is 120 g/mol. The summed E-state index contributed by atoms with van der Waals surface area (Å²) in [6.45, 7) is 2.18. The SMILES string of the molecule is BC(P)C(C)P. The Morgan fingerprint density at radius 2 is 1.67 bits per heavy atom. The third-order valence-corrected chi connectivity index (χ3v) is 2.49. The molecule has 0 aromatic heterocycles. The van der Waals surface area contributed by atoms with Crippen LogP contribution in [0.4, 0.5) is 0 Å². The fraction of sp³-hybridized carbons (Fsp3) is 1.00. The van der Waals surface area contributed by atoms with Gasteiger partial charge in [-0.2, -0.15) is 0 Å². The zero-order valence-electron chi connectivity index (χ0n) is 4.31. The van der Waals surface area contributed by atoms with E-state index in [0.29, 0.717) is 0 Å². The van der Waals surface area contributed by atoms with Crippen LogP contribution in [0.2, 0.25) is 0 Å². The maximum Gasteiger partial charge on any atom is 0.111 e. The number of rotatable bonds is 1. The van der Waals surface area contributed by atoms with Crippen LogP contribution in [0.5, 0.6) is 0 Å². The van der Waals surface area contributed by atoms with E-state index in [1.165, 1.54) is 0 Å². The average Bonchev–Trinajstić information content (AvgIpc) is 1.36. The highest BCUT2D eigenvalue weighted by molar-refractivity contribution is 7.25. The van der Waals surface area contributed by atoms with Gasteiger partial charge in [0.25, 0.3) is 0 Å². The van der Waals surface area contributed by atoms with Crippen molar-refractivity contribution in [1.82, 2.24) is 0 Å². The molecule has 0 amide bonds. The van der Waals surface area contributed by atoms with Crippen molar-refractivity contribution < 1.29 is 0 Å². The Kier molecular flexibility index (Phi) is 3.46. The third-order valence-electron chi connectivity index (χ3n) is 0.829. The molecule has 0 fully saturated rings. The average molecular weight is 120 g/mol. The van der Waals surface area contributed by atoms with E-state index < -0.39 is 0 Å². The van der Waals surface area contributed by atoms with Crippen LogP contribution in [-0.4, -0.2) is 19.1 Å². The van der Waals surface area contributed by atoms with E-state index in [2.05, 4.69) is 33.2 Å². The highest BCUT2D eigenvalue weighted by atomic mass is 31.0. The van der Waals surface area contributed by atoms with Gasteiger partial charge in [-0.3, -0.25) is 0 Å². The molecule has 0 aliphatic rings. The summed E-state index contributed by atoms with van der Waals surface area (Å²) in [6.07, 6.45) is 0. The van der Waals surface area contributed by atoms with Gasteiger partial charge in [0.05, 0.1) is 0 Å². The molecule has 0 aromatic carbocycles. The van der Waals surface area contributed by atoms with Crippen molar-refractivity contribution in [2.45, 2.75) is 18.1 Å². The van der Waals surface area contributed by atoms with Crippen LogP contribution in [0.1, 0.15) is 6.92 Å².